The molecule has 1 amide bonds. The molecule has 0 radical (unpaired) electrons. The second-order valence-corrected chi connectivity index (χ2v) is 6.05. The van der Waals surface area contributed by atoms with E-state index in [0.29, 0.717) is 6.61 Å². The first kappa shape index (κ1) is 13.6. The number of benzene rings is 1. The molecule has 18 heavy (non-hydrogen) atoms. The number of nitrogens with one attached hydrogen (secondary N) is 1. The van der Waals surface area contributed by atoms with E-state index < -0.39 is 0 Å². The highest BCUT2D eigenvalue weighted by Gasteiger charge is 2.29. The molecule has 1 fully saturated rings. The van der Waals surface area contributed by atoms with Crippen LogP contribution in [0.5, 0.6) is 0 Å². The Morgan fingerprint density at radius 1 is 1.50 bits per heavy atom. The van der Waals surface area contributed by atoms with Crippen LogP contribution in [-0.2, 0) is 4.74 Å². The molecule has 1 atom stereocenters. The van der Waals surface area contributed by atoms with E-state index in [-0.39, 0.29) is 11.4 Å². The van der Waals surface area contributed by atoms with Crippen molar-refractivity contribution < 1.29 is 9.53 Å². The fourth-order valence-corrected chi connectivity index (χ4v) is 2.57. The number of ether oxygens (including phenoxy) is 1. The third-order valence-electron chi connectivity index (χ3n) is 3.30. The maximum absolute atomic E-state index is 12.3. The Morgan fingerprint density at radius 2 is 2.28 bits per heavy atom. The van der Waals surface area contributed by atoms with Gasteiger partial charge >= 0.3 is 0 Å². The Bertz CT molecular complexity index is 453. The minimum absolute atomic E-state index is 0.0261. The summed E-state index contributed by atoms with van der Waals surface area (Å²) in [6.07, 6.45) is 1.96. The van der Waals surface area contributed by atoms with Crippen molar-refractivity contribution in [3.8, 4) is 0 Å². The van der Waals surface area contributed by atoms with Gasteiger partial charge in [0.2, 0.25) is 0 Å². The molecule has 1 N–H and O–H groups in total. The minimum Gasteiger partial charge on any atom is -0.379 e. The molecule has 1 unspecified atom stereocenters. The number of hydrogen-bond donors (Lipinski definition) is 1. The number of hydrogen-bond acceptors (Lipinski definition) is 2. The Kier molecular flexibility index (Phi) is 4.07. The van der Waals surface area contributed by atoms with Gasteiger partial charge in [-0.2, -0.15) is 0 Å². The summed E-state index contributed by atoms with van der Waals surface area (Å²) in [7, 11) is 0. The molecule has 1 heterocycles. The van der Waals surface area contributed by atoms with Gasteiger partial charge in [-0.05, 0) is 44.4 Å². The van der Waals surface area contributed by atoms with Crippen LogP contribution in [0.1, 0.15) is 35.7 Å². The molecule has 0 aliphatic carbocycles. The normalized spacial score (nSPS) is 23.7. The minimum atomic E-state index is -0.246. The molecular weight excluding hydrogens is 294 g/mol. The average molecular weight is 312 g/mol. The first-order valence-corrected chi connectivity index (χ1v) is 6.96. The molecule has 1 aliphatic rings. The summed E-state index contributed by atoms with van der Waals surface area (Å²) < 4.78 is 6.37. The Morgan fingerprint density at radius 3 is 2.94 bits per heavy atom. The zero-order valence-corrected chi connectivity index (χ0v) is 12.3. The highest BCUT2D eigenvalue weighted by molar-refractivity contribution is 9.10. The third-order valence-corrected chi connectivity index (χ3v) is 3.79. The summed E-state index contributed by atoms with van der Waals surface area (Å²) in [5.74, 6) is -0.0261. The van der Waals surface area contributed by atoms with Gasteiger partial charge in [0.25, 0.3) is 5.91 Å². The number of aryl methyl sites for hydroxylation is 1. The second kappa shape index (κ2) is 5.41. The van der Waals surface area contributed by atoms with Gasteiger partial charge in [0.05, 0.1) is 12.1 Å². The van der Waals surface area contributed by atoms with Crippen LogP contribution in [0.4, 0.5) is 0 Å². The SMILES string of the molecule is Cc1ccc(Br)cc1C(=O)NC1(C)CCCOC1. The molecule has 0 saturated carbocycles. The van der Waals surface area contributed by atoms with Crippen LogP contribution in [0.2, 0.25) is 0 Å². The molecule has 0 bridgehead atoms. The predicted molar refractivity (Wildman–Crippen MR) is 74.8 cm³/mol. The smallest absolute Gasteiger partial charge is 0.252 e. The number of rotatable bonds is 2. The molecule has 4 heteroatoms. The molecule has 0 spiro atoms. The van der Waals surface area contributed by atoms with E-state index in [1.165, 1.54) is 0 Å². The second-order valence-electron chi connectivity index (χ2n) is 5.13. The van der Waals surface area contributed by atoms with E-state index in [2.05, 4.69) is 21.2 Å². The van der Waals surface area contributed by atoms with Gasteiger partial charge in [-0.25, -0.2) is 0 Å². The fourth-order valence-electron chi connectivity index (χ4n) is 2.21. The molecule has 1 saturated heterocycles. The van der Waals surface area contributed by atoms with Crippen LogP contribution >= 0.6 is 15.9 Å². The van der Waals surface area contributed by atoms with Crippen LogP contribution in [0.3, 0.4) is 0 Å². The standard InChI is InChI=1S/C14H18BrNO2/c1-10-4-5-11(15)8-12(10)13(17)16-14(2)6-3-7-18-9-14/h4-5,8H,3,6-7,9H2,1-2H3,(H,16,17). The molecular formula is C14H18BrNO2. The monoisotopic (exact) mass is 311 g/mol. The zero-order valence-electron chi connectivity index (χ0n) is 10.8. The van der Waals surface area contributed by atoms with Gasteiger partial charge in [-0.1, -0.05) is 22.0 Å². The van der Waals surface area contributed by atoms with Crippen LogP contribution in [0, 0.1) is 6.92 Å². The summed E-state index contributed by atoms with van der Waals surface area (Å²) in [5.41, 5.74) is 1.46. The van der Waals surface area contributed by atoms with E-state index in [4.69, 9.17) is 4.74 Å². The summed E-state index contributed by atoms with van der Waals surface area (Å²) in [6.45, 7) is 5.37. The van der Waals surface area contributed by atoms with E-state index in [9.17, 15) is 4.79 Å². The largest absolute Gasteiger partial charge is 0.379 e. The average Bonchev–Trinajstić information content (AvgIpc) is 2.32. The number of carbonyl (C=O) groups excluding carboxylic acids is 1. The summed E-state index contributed by atoms with van der Waals surface area (Å²) in [6, 6.07) is 5.74. The molecule has 1 aromatic rings. The first-order valence-electron chi connectivity index (χ1n) is 6.17. The Balaban J connectivity index is 2.14. The van der Waals surface area contributed by atoms with Crippen LogP contribution in [-0.4, -0.2) is 24.7 Å². The maximum Gasteiger partial charge on any atom is 0.252 e. The van der Waals surface area contributed by atoms with E-state index in [0.717, 1.165) is 35.0 Å². The van der Waals surface area contributed by atoms with Crippen molar-refractivity contribution in [2.75, 3.05) is 13.2 Å². The fraction of sp³-hybridized carbons (Fsp3) is 0.500. The van der Waals surface area contributed by atoms with Gasteiger partial charge in [0.15, 0.2) is 0 Å². The van der Waals surface area contributed by atoms with E-state index >= 15 is 0 Å². The van der Waals surface area contributed by atoms with Gasteiger partial charge < -0.3 is 10.1 Å². The zero-order chi connectivity index (χ0) is 13.2. The number of carbonyl (C=O) groups is 1. The highest BCUT2D eigenvalue weighted by Crippen LogP contribution is 2.21. The summed E-state index contributed by atoms with van der Waals surface area (Å²) in [5, 5.41) is 3.09. The molecule has 3 nitrogen and oxygen atoms in total. The Labute approximate surface area is 116 Å². The lowest BCUT2D eigenvalue weighted by Gasteiger charge is -2.34. The first-order chi connectivity index (χ1) is 8.50. The molecule has 98 valence electrons. The lowest BCUT2D eigenvalue weighted by atomic mass is 9.94. The molecule has 2 rings (SSSR count). The van der Waals surface area contributed by atoms with Crippen molar-refractivity contribution in [1.82, 2.24) is 5.32 Å². The third kappa shape index (κ3) is 3.12. The van der Waals surface area contributed by atoms with Gasteiger partial charge in [-0.15, -0.1) is 0 Å². The summed E-state index contributed by atoms with van der Waals surface area (Å²) >= 11 is 3.40. The Hall–Kier alpha value is -0.870. The number of halogens is 1. The van der Waals surface area contributed by atoms with E-state index in [1.807, 2.05) is 32.0 Å². The van der Waals surface area contributed by atoms with Gasteiger partial charge in [-0.3, -0.25) is 4.79 Å². The van der Waals surface area contributed by atoms with Gasteiger partial charge in [0.1, 0.15) is 0 Å². The molecule has 1 aromatic carbocycles. The van der Waals surface area contributed by atoms with Crippen LogP contribution < -0.4 is 5.32 Å². The highest BCUT2D eigenvalue weighted by atomic mass is 79.9. The number of amides is 1. The molecule has 1 aliphatic heterocycles. The predicted octanol–water partition coefficient (Wildman–Crippen LogP) is 3.06. The van der Waals surface area contributed by atoms with Crippen molar-refractivity contribution in [3.63, 3.8) is 0 Å². The van der Waals surface area contributed by atoms with Crippen LogP contribution in [0.25, 0.3) is 0 Å². The van der Waals surface area contributed by atoms with Crippen molar-refractivity contribution in [2.24, 2.45) is 0 Å². The van der Waals surface area contributed by atoms with E-state index in [1.54, 1.807) is 0 Å². The van der Waals surface area contributed by atoms with Crippen LogP contribution in [0.15, 0.2) is 22.7 Å². The molecule has 0 aromatic heterocycles. The lowest BCUT2D eigenvalue weighted by Crippen LogP contribution is -2.51. The van der Waals surface area contributed by atoms with Crippen molar-refractivity contribution >= 4 is 21.8 Å². The summed E-state index contributed by atoms with van der Waals surface area (Å²) in [4.78, 5) is 12.3. The van der Waals surface area contributed by atoms with Crippen molar-refractivity contribution in [3.05, 3.63) is 33.8 Å². The van der Waals surface area contributed by atoms with Crippen molar-refractivity contribution in [2.45, 2.75) is 32.2 Å². The maximum atomic E-state index is 12.3. The van der Waals surface area contributed by atoms with Crippen molar-refractivity contribution in [1.29, 1.82) is 0 Å². The lowest BCUT2D eigenvalue weighted by molar-refractivity contribution is 0.0272. The quantitative estimate of drug-likeness (QED) is 0.911. The van der Waals surface area contributed by atoms with Gasteiger partial charge in [0, 0.05) is 16.6 Å². The topological polar surface area (TPSA) is 38.3 Å².